The van der Waals surface area contributed by atoms with Crippen molar-refractivity contribution in [3.63, 3.8) is 0 Å². The minimum atomic E-state index is -0.649. The molecule has 0 saturated heterocycles. The Morgan fingerprint density at radius 3 is 2.37 bits per heavy atom. The summed E-state index contributed by atoms with van der Waals surface area (Å²) in [6, 6.07) is 13.6. The summed E-state index contributed by atoms with van der Waals surface area (Å²) in [5.41, 5.74) is 4.30. The van der Waals surface area contributed by atoms with E-state index in [1.165, 1.54) is 18.9 Å². The number of carbonyl (C=O) groups is 1. The Labute approximate surface area is 178 Å². The summed E-state index contributed by atoms with van der Waals surface area (Å²) in [6.45, 7) is 7.51. The third kappa shape index (κ3) is 6.99. The molecular weight excluding hydrogens is 384 g/mol. The van der Waals surface area contributed by atoms with E-state index in [0.717, 1.165) is 5.75 Å². The van der Waals surface area contributed by atoms with Gasteiger partial charge in [0.25, 0.3) is 0 Å². The first-order valence-corrected chi connectivity index (χ1v) is 9.75. The Hall–Kier alpha value is -3.22. The molecule has 0 aliphatic heterocycles. The number of nitrogens with zero attached hydrogens (tertiary/aromatic N) is 1. The third-order valence-electron chi connectivity index (χ3n) is 4.30. The van der Waals surface area contributed by atoms with Gasteiger partial charge in [-0.2, -0.15) is 5.10 Å². The lowest BCUT2D eigenvalue weighted by atomic mass is 9.87. The largest absolute Gasteiger partial charge is 0.493 e. The molecule has 7 heteroatoms. The lowest BCUT2D eigenvalue weighted by Gasteiger charge is -2.19. The average Bonchev–Trinajstić information content (AvgIpc) is 2.73. The monoisotopic (exact) mass is 414 g/mol. The van der Waals surface area contributed by atoms with E-state index in [9.17, 15) is 4.79 Å². The van der Waals surface area contributed by atoms with Gasteiger partial charge in [0, 0.05) is 12.0 Å². The van der Waals surface area contributed by atoms with Crippen LogP contribution in [0.2, 0.25) is 0 Å². The number of nitrogens with one attached hydrogen (secondary N) is 1. The van der Waals surface area contributed by atoms with Gasteiger partial charge in [0.1, 0.15) is 5.75 Å². The molecule has 0 aliphatic carbocycles. The summed E-state index contributed by atoms with van der Waals surface area (Å²) in [6.07, 6.45) is 1.52. The molecule has 0 aliphatic rings. The highest BCUT2D eigenvalue weighted by atomic mass is 16.5. The summed E-state index contributed by atoms with van der Waals surface area (Å²) in [7, 11) is 2.84. The molecule has 162 valence electrons. The van der Waals surface area contributed by atoms with E-state index in [2.05, 4.69) is 48.2 Å². The van der Waals surface area contributed by atoms with Gasteiger partial charge >= 0.3 is 6.09 Å². The zero-order valence-electron chi connectivity index (χ0n) is 18.2. The van der Waals surface area contributed by atoms with Crippen LogP contribution in [0.5, 0.6) is 17.2 Å². The van der Waals surface area contributed by atoms with Crippen molar-refractivity contribution in [3.05, 3.63) is 53.6 Å². The average molecular weight is 415 g/mol. The molecule has 2 aromatic rings. The fourth-order valence-electron chi connectivity index (χ4n) is 2.62. The predicted molar refractivity (Wildman–Crippen MR) is 117 cm³/mol. The van der Waals surface area contributed by atoms with Crippen LogP contribution in [0.15, 0.2) is 47.6 Å². The Bertz CT molecular complexity index is 842. The first kappa shape index (κ1) is 23.1. The van der Waals surface area contributed by atoms with Crippen molar-refractivity contribution in [2.45, 2.75) is 32.6 Å². The topological polar surface area (TPSA) is 78.4 Å². The number of carbonyl (C=O) groups excluding carboxylic acids is 1. The van der Waals surface area contributed by atoms with Gasteiger partial charge in [-0.25, -0.2) is 10.2 Å². The maximum atomic E-state index is 11.1. The fraction of sp³-hybridized carbons (Fsp3) is 0.391. The van der Waals surface area contributed by atoms with Crippen LogP contribution in [0.3, 0.4) is 0 Å². The van der Waals surface area contributed by atoms with Crippen molar-refractivity contribution in [1.29, 1.82) is 0 Å². The van der Waals surface area contributed by atoms with Crippen molar-refractivity contribution in [3.8, 4) is 17.2 Å². The minimum Gasteiger partial charge on any atom is -0.493 e. The van der Waals surface area contributed by atoms with E-state index in [1.54, 1.807) is 13.2 Å². The van der Waals surface area contributed by atoms with Crippen molar-refractivity contribution >= 4 is 12.3 Å². The van der Waals surface area contributed by atoms with E-state index < -0.39 is 6.09 Å². The second-order valence-corrected chi connectivity index (χ2v) is 7.57. The molecule has 0 bridgehead atoms. The highest BCUT2D eigenvalue weighted by molar-refractivity contribution is 5.85. The molecule has 0 heterocycles. The van der Waals surface area contributed by atoms with E-state index in [1.807, 2.05) is 24.3 Å². The van der Waals surface area contributed by atoms with Crippen LogP contribution >= 0.6 is 0 Å². The lowest BCUT2D eigenvalue weighted by molar-refractivity contribution is 0.171. The highest BCUT2D eigenvalue weighted by Crippen LogP contribution is 2.30. The van der Waals surface area contributed by atoms with Gasteiger partial charge in [0.05, 0.1) is 33.6 Å². The van der Waals surface area contributed by atoms with Crippen LogP contribution in [0, 0.1) is 0 Å². The molecule has 7 nitrogen and oxygen atoms in total. The zero-order chi connectivity index (χ0) is 22.0. The summed E-state index contributed by atoms with van der Waals surface area (Å²) in [4.78, 5) is 11.1. The van der Waals surface area contributed by atoms with Crippen LogP contribution in [0.25, 0.3) is 0 Å². The van der Waals surface area contributed by atoms with Crippen LogP contribution in [0.1, 0.15) is 38.3 Å². The normalized spacial score (nSPS) is 11.2. The molecule has 0 aromatic heterocycles. The second-order valence-electron chi connectivity index (χ2n) is 7.57. The van der Waals surface area contributed by atoms with E-state index >= 15 is 0 Å². The van der Waals surface area contributed by atoms with E-state index in [4.69, 9.17) is 14.2 Å². The molecule has 1 N–H and O–H groups in total. The van der Waals surface area contributed by atoms with Gasteiger partial charge in [0.15, 0.2) is 11.5 Å². The van der Waals surface area contributed by atoms with Crippen LogP contribution < -0.4 is 19.6 Å². The lowest BCUT2D eigenvalue weighted by Crippen LogP contribution is -2.16. The quantitative estimate of drug-likeness (QED) is 0.370. The molecule has 1 amide bonds. The maximum absolute atomic E-state index is 11.1. The molecule has 2 rings (SSSR count). The predicted octanol–water partition coefficient (Wildman–Crippen LogP) is 4.53. The molecule has 0 fully saturated rings. The first-order valence-electron chi connectivity index (χ1n) is 9.75. The second kappa shape index (κ2) is 11.1. The number of hydrogen-bond donors (Lipinski definition) is 1. The molecular formula is C23H30N2O5. The minimum absolute atomic E-state index is 0.120. The first-order chi connectivity index (χ1) is 14.3. The number of hydrogen-bond acceptors (Lipinski definition) is 6. The maximum Gasteiger partial charge on any atom is 0.427 e. The van der Waals surface area contributed by atoms with Gasteiger partial charge in [-0.05, 0) is 35.2 Å². The molecule has 0 unspecified atom stereocenters. The van der Waals surface area contributed by atoms with Crippen molar-refractivity contribution in [2.75, 3.05) is 27.4 Å². The molecule has 0 saturated carbocycles. The van der Waals surface area contributed by atoms with Crippen molar-refractivity contribution < 1.29 is 23.7 Å². The van der Waals surface area contributed by atoms with Gasteiger partial charge in [-0.1, -0.05) is 39.0 Å². The number of benzene rings is 2. The van der Waals surface area contributed by atoms with Gasteiger partial charge in [-0.3, -0.25) is 0 Å². The molecule has 0 atom stereocenters. The summed E-state index contributed by atoms with van der Waals surface area (Å²) < 4.78 is 21.6. The fourth-order valence-corrected chi connectivity index (χ4v) is 2.62. The third-order valence-corrected chi connectivity index (χ3v) is 4.30. The molecule has 2 aromatic carbocycles. The van der Waals surface area contributed by atoms with Gasteiger partial charge in [0.2, 0.25) is 0 Å². The molecule has 0 radical (unpaired) electrons. The Kier molecular flexibility index (Phi) is 8.53. The number of rotatable bonds is 9. The van der Waals surface area contributed by atoms with Gasteiger partial charge in [-0.15, -0.1) is 0 Å². The summed E-state index contributed by atoms with van der Waals surface area (Å²) >= 11 is 0. The van der Waals surface area contributed by atoms with Gasteiger partial charge < -0.3 is 18.9 Å². The Balaban J connectivity index is 1.88. The number of para-hydroxylation sites is 1. The van der Waals surface area contributed by atoms with E-state index in [0.29, 0.717) is 36.7 Å². The molecule has 0 spiro atoms. The number of ether oxygens (including phenoxy) is 4. The van der Waals surface area contributed by atoms with Crippen molar-refractivity contribution in [2.24, 2.45) is 5.10 Å². The van der Waals surface area contributed by atoms with Crippen LogP contribution in [0.4, 0.5) is 4.79 Å². The zero-order valence-corrected chi connectivity index (χ0v) is 18.2. The Morgan fingerprint density at radius 2 is 1.73 bits per heavy atom. The van der Waals surface area contributed by atoms with E-state index in [-0.39, 0.29) is 5.41 Å². The van der Waals surface area contributed by atoms with Crippen LogP contribution in [-0.4, -0.2) is 39.7 Å². The number of hydrazone groups is 1. The van der Waals surface area contributed by atoms with Crippen molar-refractivity contribution in [1.82, 2.24) is 5.43 Å². The number of methoxy groups -OCH3 is 2. The van der Waals surface area contributed by atoms with Crippen LogP contribution in [-0.2, 0) is 10.2 Å². The summed E-state index contributed by atoms with van der Waals surface area (Å²) in [5, 5.41) is 3.85. The molecule has 30 heavy (non-hydrogen) atoms. The SMILES string of the molecule is COC(=O)NN=Cc1cccc(OC)c1OCCCOc1ccc(C(C)(C)C)cc1. The number of amides is 1. The standard InChI is InChI=1S/C23H30N2O5/c1-23(2,3)18-10-12-19(13-11-18)29-14-7-15-30-21-17(8-6-9-20(21)27-4)16-24-25-22(26)28-5/h6,8-13,16H,7,14-15H2,1-5H3,(H,25,26). The Morgan fingerprint density at radius 1 is 1.03 bits per heavy atom. The highest BCUT2D eigenvalue weighted by Gasteiger charge is 2.13. The smallest absolute Gasteiger partial charge is 0.427 e. The summed E-state index contributed by atoms with van der Waals surface area (Å²) in [5.74, 6) is 1.96.